The first kappa shape index (κ1) is 16.6. The molecule has 1 aliphatic heterocycles. The van der Waals surface area contributed by atoms with Gasteiger partial charge in [-0.15, -0.1) is 0 Å². The van der Waals surface area contributed by atoms with Gasteiger partial charge in [0.15, 0.2) is 0 Å². The number of nitrogens with zero attached hydrogens (tertiary/aromatic N) is 3. The summed E-state index contributed by atoms with van der Waals surface area (Å²) in [6.45, 7) is 2.02. The Kier molecular flexibility index (Phi) is 4.33. The SMILES string of the molecule is CN1C(O)C[C@@](C)(c2cc(-c3cccc(Br)c3)n(C)n2)NC1N. The van der Waals surface area contributed by atoms with Gasteiger partial charge in [0.2, 0.25) is 0 Å². The zero-order valence-corrected chi connectivity index (χ0v) is 15.1. The second-order valence-corrected chi connectivity index (χ2v) is 7.24. The molecule has 1 aromatic heterocycles. The summed E-state index contributed by atoms with van der Waals surface area (Å²) in [5, 5.41) is 18.3. The zero-order chi connectivity index (χ0) is 16.8. The van der Waals surface area contributed by atoms with Crippen molar-refractivity contribution in [2.24, 2.45) is 12.8 Å². The number of aliphatic hydroxyl groups excluding tert-OH is 1. The van der Waals surface area contributed by atoms with E-state index in [1.54, 1.807) is 11.9 Å². The first-order valence-corrected chi connectivity index (χ1v) is 8.33. The summed E-state index contributed by atoms with van der Waals surface area (Å²) >= 11 is 3.50. The minimum absolute atomic E-state index is 0.417. The van der Waals surface area contributed by atoms with Gasteiger partial charge in [0, 0.05) is 23.5 Å². The number of benzene rings is 1. The van der Waals surface area contributed by atoms with Crippen molar-refractivity contribution in [3.8, 4) is 11.3 Å². The van der Waals surface area contributed by atoms with Crippen molar-refractivity contribution >= 4 is 15.9 Å². The van der Waals surface area contributed by atoms with Crippen LogP contribution in [-0.4, -0.2) is 39.4 Å². The summed E-state index contributed by atoms with van der Waals surface area (Å²) in [5.41, 5.74) is 8.57. The minimum Gasteiger partial charge on any atom is -0.378 e. The van der Waals surface area contributed by atoms with Gasteiger partial charge in [-0.2, -0.15) is 5.10 Å². The lowest BCUT2D eigenvalue weighted by atomic mass is 9.90. The molecule has 23 heavy (non-hydrogen) atoms. The van der Waals surface area contributed by atoms with Crippen molar-refractivity contribution in [2.75, 3.05) is 7.05 Å². The smallest absolute Gasteiger partial charge is 0.114 e. The monoisotopic (exact) mass is 379 g/mol. The lowest BCUT2D eigenvalue weighted by Crippen LogP contribution is -2.66. The molecule has 124 valence electrons. The molecule has 2 aromatic rings. The number of hydrogen-bond donors (Lipinski definition) is 3. The fraction of sp³-hybridized carbons (Fsp3) is 0.438. The van der Waals surface area contributed by atoms with Crippen LogP contribution in [0, 0.1) is 0 Å². The maximum Gasteiger partial charge on any atom is 0.114 e. The van der Waals surface area contributed by atoms with E-state index in [9.17, 15) is 5.11 Å². The van der Waals surface area contributed by atoms with E-state index in [1.807, 2.05) is 30.8 Å². The van der Waals surface area contributed by atoms with E-state index in [0.29, 0.717) is 6.42 Å². The third kappa shape index (κ3) is 3.07. The number of nitrogens with two attached hydrogens (primary N) is 1. The van der Waals surface area contributed by atoms with E-state index in [-0.39, 0.29) is 0 Å². The largest absolute Gasteiger partial charge is 0.378 e. The molecular weight excluding hydrogens is 358 g/mol. The van der Waals surface area contributed by atoms with E-state index in [1.165, 1.54) is 0 Å². The van der Waals surface area contributed by atoms with Crippen LogP contribution in [0.15, 0.2) is 34.8 Å². The van der Waals surface area contributed by atoms with Crippen molar-refractivity contribution in [3.63, 3.8) is 0 Å². The Balaban J connectivity index is 1.97. The number of rotatable bonds is 2. The van der Waals surface area contributed by atoms with Crippen LogP contribution in [0.4, 0.5) is 0 Å². The Hall–Kier alpha value is -1.25. The van der Waals surface area contributed by atoms with Gasteiger partial charge in [-0.05, 0) is 32.2 Å². The van der Waals surface area contributed by atoms with Crippen molar-refractivity contribution in [2.45, 2.75) is 31.4 Å². The van der Waals surface area contributed by atoms with Crippen molar-refractivity contribution in [1.82, 2.24) is 20.0 Å². The molecule has 7 heteroatoms. The summed E-state index contributed by atoms with van der Waals surface area (Å²) < 4.78 is 2.89. The molecule has 0 aliphatic carbocycles. The maximum atomic E-state index is 10.2. The fourth-order valence-corrected chi connectivity index (χ4v) is 3.41. The first-order chi connectivity index (χ1) is 10.8. The van der Waals surface area contributed by atoms with Crippen LogP contribution in [0.3, 0.4) is 0 Å². The Morgan fingerprint density at radius 2 is 2.13 bits per heavy atom. The number of nitrogens with one attached hydrogen (secondary N) is 1. The van der Waals surface area contributed by atoms with Gasteiger partial charge < -0.3 is 10.8 Å². The molecule has 6 nitrogen and oxygen atoms in total. The highest BCUT2D eigenvalue weighted by Crippen LogP contribution is 2.33. The van der Waals surface area contributed by atoms with Crippen LogP contribution in [0.5, 0.6) is 0 Å². The predicted molar refractivity (Wildman–Crippen MR) is 93.2 cm³/mol. The maximum absolute atomic E-state index is 10.2. The molecule has 1 saturated heterocycles. The number of aliphatic hydroxyl groups is 1. The van der Waals surface area contributed by atoms with E-state index in [4.69, 9.17) is 5.73 Å². The molecule has 0 bridgehead atoms. The normalized spacial score (nSPS) is 29.0. The number of hydrogen-bond acceptors (Lipinski definition) is 5. The lowest BCUT2D eigenvalue weighted by molar-refractivity contribution is -0.0816. The molecule has 2 unspecified atom stereocenters. The summed E-state index contributed by atoms with van der Waals surface area (Å²) in [5.74, 6) is 0. The van der Waals surface area contributed by atoms with Gasteiger partial charge in [0.05, 0.1) is 16.9 Å². The highest BCUT2D eigenvalue weighted by Gasteiger charge is 2.41. The number of halogens is 1. The van der Waals surface area contributed by atoms with E-state index < -0.39 is 18.1 Å². The van der Waals surface area contributed by atoms with E-state index in [0.717, 1.165) is 21.4 Å². The zero-order valence-electron chi connectivity index (χ0n) is 13.5. The molecule has 0 amide bonds. The Morgan fingerprint density at radius 1 is 1.39 bits per heavy atom. The second-order valence-electron chi connectivity index (χ2n) is 6.32. The Labute approximate surface area is 144 Å². The van der Waals surface area contributed by atoms with Gasteiger partial charge >= 0.3 is 0 Å². The fourth-order valence-electron chi connectivity index (χ4n) is 3.02. The molecule has 3 rings (SSSR count). The molecule has 4 N–H and O–H groups in total. The quantitative estimate of drug-likeness (QED) is 0.737. The van der Waals surface area contributed by atoms with E-state index in [2.05, 4.69) is 44.5 Å². The highest BCUT2D eigenvalue weighted by atomic mass is 79.9. The van der Waals surface area contributed by atoms with Crippen LogP contribution in [0.1, 0.15) is 19.0 Å². The van der Waals surface area contributed by atoms with Crippen LogP contribution in [-0.2, 0) is 12.6 Å². The van der Waals surface area contributed by atoms with Crippen LogP contribution >= 0.6 is 15.9 Å². The summed E-state index contributed by atoms with van der Waals surface area (Å²) in [7, 11) is 3.72. The van der Waals surface area contributed by atoms with Crippen LogP contribution in [0.2, 0.25) is 0 Å². The van der Waals surface area contributed by atoms with Crippen LogP contribution in [0.25, 0.3) is 11.3 Å². The minimum atomic E-state index is -0.604. The van der Waals surface area contributed by atoms with Crippen molar-refractivity contribution < 1.29 is 5.11 Å². The molecule has 2 heterocycles. The Morgan fingerprint density at radius 3 is 2.78 bits per heavy atom. The molecule has 1 fully saturated rings. The Bertz CT molecular complexity index is 704. The molecule has 0 saturated carbocycles. The number of aromatic nitrogens is 2. The highest BCUT2D eigenvalue weighted by molar-refractivity contribution is 9.10. The van der Waals surface area contributed by atoms with Gasteiger partial charge in [-0.25, -0.2) is 0 Å². The standard InChI is InChI=1S/C16H22BrN5O/c1-16(9-14(23)21(2)15(18)19-16)13-8-12(22(3)20-13)10-5-4-6-11(17)7-10/h4-8,14-15,19,23H,9,18H2,1-3H3/t14?,15?,16-/m0/s1. The average Bonchev–Trinajstić information content (AvgIpc) is 2.87. The molecule has 1 aliphatic rings. The van der Waals surface area contributed by atoms with Gasteiger partial charge in [-0.3, -0.25) is 14.9 Å². The van der Waals surface area contributed by atoms with Crippen molar-refractivity contribution in [1.29, 1.82) is 0 Å². The van der Waals surface area contributed by atoms with Gasteiger partial charge in [-0.1, -0.05) is 28.1 Å². The number of aryl methyl sites for hydroxylation is 1. The average molecular weight is 380 g/mol. The predicted octanol–water partition coefficient (Wildman–Crippen LogP) is 1.55. The van der Waals surface area contributed by atoms with E-state index >= 15 is 0 Å². The first-order valence-electron chi connectivity index (χ1n) is 7.54. The topological polar surface area (TPSA) is 79.3 Å². The molecule has 1 aromatic carbocycles. The summed E-state index contributed by atoms with van der Waals surface area (Å²) in [6.07, 6.45) is -0.501. The van der Waals surface area contributed by atoms with Crippen molar-refractivity contribution in [3.05, 3.63) is 40.5 Å². The van der Waals surface area contributed by atoms with Gasteiger partial charge in [0.1, 0.15) is 12.5 Å². The second kappa shape index (κ2) is 5.99. The summed E-state index contributed by atoms with van der Waals surface area (Å²) in [6, 6.07) is 10.2. The molecular formula is C16H22BrN5O. The molecule has 0 radical (unpaired) electrons. The third-order valence-electron chi connectivity index (χ3n) is 4.53. The van der Waals surface area contributed by atoms with Crippen LogP contribution < -0.4 is 11.1 Å². The lowest BCUT2D eigenvalue weighted by Gasteiger charge is -2.45. The molecule has 0 spiro atoms. The summed E-state index contributed by atoms with van der Waals surface area (Å²) in [4.78, 5) is 1.71. The molecule has 3 atom stereocenters. The third-order valence-corrected chi connectivity index (χ3v) is 5.02. The van der Waals surface area contributed by atoms with Gasteiger partial charge in [0.25, 0.3) is 0 Å².